The van der Waals surface area contributed by atoms with Crippen molar-refractivity contribution in [2.24, 2.45) is 5.41 Å². The Bertz CT molecular complexity index is 437. The summed E-state index contributed by atoms with van der Waals surface area (Å²) in [6.45, 7) is 6.56. The predicted octanol–water partition coefficient (Wildman–Crippen LogP) is 3.46. The Labute approximate surface area is 110 Å². The third-order valence-corrected chi connectivity index (χ3v) is 4.39. The van der Waals surface area contributed by atoms with E-state index < -0.39 is 0 Å². The Balaban J connectivity index is 1.92. The summed E-state index contributed by atoms with van der Waals surface area (Å²) in [6, 6.07) is 7.11. The van der Waals surface area contributed by atoms with Crippen LogP contribution in [0.25, 0.3) is 0 Å². The van der Waals surface area contributed by atoms with Crippen LogP contribution in [0.2, 0.25) is 0 Å². The van der Waals surface area contributed by atoms with Crippen LogP contribution in [0.5, 0.6) is 5.75 Å². The van der Waals surface area contributed by atoms with E-state index in [0.29, 0.717) is 11.5 Å². The van der Waals surface area contributed by atoms with Gasteiger partial charge in [-0.15, -0.1) is 0 Å². The van der Waals surface area contributed by atoms with Gasteiger partial charge in [0.2, 0.25) is 0 Å². The zero-order chi connectivity index (χ0) is 12.6. The Kier molecular flexibility index (Phi) is 3.06. The molecule has 18 heavy (non-hydrogen) atoms. The number of ether oxygens (including phenoxy) is 1. The number of benzene rings is 1. The predicted molar refractivity (Wildman–Crippen MR) is 74.0 cm³/mol. The van der Waals surface area contributed by atoms with Crippen molar-refractivity contribution in [2.75, 3.05) is 13.2 Å². The first-order chi connectivity index (χ1) is 8.74. The smallest absolute Gasteiger partial charge is 0.127 e. The maximum Gasteiger partial charge on any atom is 0.127 e. The molecule has 1 aromatic carbocycles. The summed E-state index contributed by atoms with van der Waals surface area (Å²) in [7, 11) is 0. The van der Waals surface area contributed by atoms with Gasteiger partial charge in [0.15, 0.2) is 0 Å². The van der Waals surface area contributed by atoms with Crippen LogP contribution in [0.4, 0.5) is 0 Å². The van der Waals surface area contributed by atoms with E-state index in [1.807, 2.05) is 0 Å². The molecule has 1 aliphatic heterocycles. The average Bonchev–Trinajstić information content (AvgIpc) is 2.94. The lowest BCUT2D eigenvalue weighted by atomic mass is 9.90. The Hall–Kier alpha value is -1.02. The summed E-state index contributed by atoms with van der Waals surface area (Å²) < 4.78 is 5.87. The molecule has 3 rings (SSSR count). The van der Waals surface area contributed by atoms with Crippen LogP contribution in [0.3, 0.4) is 0 Å². The van der Waals surface area contributed by atoms with E-state index in [2.05, 4.69) is 37.4 Å². The van der Waals surface area contributed by atoms with Gasteiger partial charge < -0.3 is 10.1 Å². The number of nitrogens with one attached hydrogen (secondary N) is 1. The Morgan fingerprint density at radius 1 is 1.39 bits per heavy atom. The van der Waals surface area contributed by atoms with Crippen LogP contribution in [0, 0.1) is 5.41 Å². The van der Waals surface area contributed by atoms with Crippen LogP contribution in [-0.2, 0) is 6.42 Å². The van der Waals surface area contributed by atoms with Crippen molar-refractivity contribution in [2.45, 2.75) is 45.6 Å². The standard InChI is InChI=1S/C16H23NO/c1-3-10-17-15(16(2)8-9-16)13-6-4-5-12-7-11-18-14(12)13/h4-6,15,17H,3,7-11H2,1-2H3. The van der Waals surface area contributed by atoms with Crippen molar-refractivity contribution >= 4 is 0 Å². The van der Waals surface area contributed by atoms with Gasteiger partial charge in [-0.25, -0.2) is 0 Å². The fraction of sp³-hybridized carbons (Fsp3) is 0.625. The average molecular weight is 245 g/mol. The van der Waals surface area contributed by atoms with E-state index in [1.165, 1.54) is 36.1 Å². The molecule has 1 aliphatic carbocycles. The summed E-state index contributed by atoms with van der Waals surface area (Å²) >= 11 is 0. The summed E-state index contributed by atoms with van der Waals surface area (Å²) in [4.78, 5) is 0. The van der Waals surface area contributed by atoms with Gasteiger partial charge in [0.1, 0.15) is 5.75 Å². The SMILES string of the molecule is CCCNC(c1cccc2c1OCC2)C1(C)CC1. The van der Waals surface area contributed by atoms with E-state index in [-0.39, 0.29) is 0 Å². The first-order valence-corrected chi connectivity index (χ1v) is 7.22. The van der Waals surface area contributed by atoms with Crippen LogP contribution < -0.4 is 10.1 Å². The van der Waals surface area contributed by atoms with E-state index >= 15 is 0 Å². The summed E-state index contributed by atoms with van der Waals surface area (Å²) in [5, 5.41) is 3.74. The van der Waals surface area contributed by atoms with Gasteiger partial charge in [-0.2, -0.15) is 0 Å². The summed E-state index contributed by atoms with van der Waals surface area (Å²) in [6.07, 6.45) is 4.92. The van der Waals surface area contributed by atoms with Crippen molar-refractivity contribution in [3.63, 3.8) is 0 Å². The minimum absolute atomic E-state index is 0.441. The number of hydrogen-bond acceptors (Lipinski definition) is 2. The van der Waals surface area contributed by atoms with Gasteiger partial charge in [-0.1, -0.05) is 32.0 Å². The molecule has 2 nitrogen and oxygen atoms in total. The molecule has 2 aliphatic rings. The Morgan fingerprint density at radius 2 is 2.22 bits per heavy atom. The quantitative estimate of drug-likeness (QED) is 0.857. The van der Waals surface area contributed by atoms with Gasteiger partial charge in [0, 0.05) is 18.0 Å². The molecular formula is C16H23NO. The lowest BCUT2D eigenvalue weighted by Crippen LogP contribution is -2.29. The molecule has 0 aromatic heterocycles. The van der Waals surface area contributed by atoms with Gasteiger partial charge in [0.05, 0.1) is 6.61 Å². The molecule has 0 saturated heterocycles. The zero-order valence-corrected chi connectivity index (χ0v) is 11.5. The molecular weight excluding hydrogens is 222 g/mol. The number of fused-ring (bicyclic) bond motifs is 1. The topological polar surface area (TPSA) is 21.3 Å². The van der Waals surface area contributed by atoms with Gasteiger partial charge in [0.25, 0.3) is 0 Å². The number of rotatable bonds is 5. The molecule has 1 aromatic rings. The highest BCUT2D eigenvalue weighted by Gasteiger charge is 2.46. The van der Waals surface area contributed by atoms with Gasteiger partial charge in [-0.05, 0) is 36.8 Å². The van der Waals surface area contributed by atoms with E-state index in [9.17, 15) is 0 Å². The molecule has 1 atom stereocenters. The van der Waals surface area contributed by atoms with E-state index in [4.69, 9.17) is 4.74 Å². The number of para-hydroxylation sites is 1. The van der Waals surface area contributed by atoms with E-state index in [1.54, 1.807) is 0 Å². The van der Waals surface area contributed by atoms with E-state index in [0.717, 1.165) is 19.6 Å². The van der Waals surface area contributed by atoms with Crippen LogP contribution in [0.1, 0.15) is 50.3 Å². The summed E-state index contributed by atoms with van der Waals surface area (Å²) in [5.74, 6) is 1.17. The Morgan fingerprint density at radius 3 is 2.94 bits per heavy atom. The molecule has 2 heteroatoms. The summed E-state index contributed by atoms with van der Waals surface area (Å²) in [5.41, 5.74) is 3.22. The molecule has 1 fully saturated rings. The maximum atomic E-state index is 5.87. The molecule has 0 radical (unpaired) electrons. The fourth-order valence-corrected chi connectivity index (χ4v) is 2.97. The lowest BCUT2D eigenvalue weighted by Gasteiger charge is -2.27. The van der Waals surface area contributed by atoms with Crippen molar-refractivity contribution in [3.05, 3.63) is 29.3 Å². The molecule has 1 unspecified atom stereocenters. The van der Waals surface area contributed by atoms with Gasteiger partial charge >= 0.3 is 0 Å². The third-order valence-electron chi connectivity index (χ3n) is 4.39. The normalized spacial score (nSPS) is 21.2. The molecule has 0 bridgehead atoms. The molecule has 98 valence electrons. The lowest BCUT2D eigenvalue weighted by molar-refractivity contribution is 0.324. The molecule has 1 N–H and O–H groups in total. The van der Waals surface area contributed by atoms with Gasteiger partial charge in [-0.3, -0.25) is 0 Å². The van der Waals surface area contributed by atoms with Crippen LogP contribution in [0.15, 0.2) is 18.2 Å². The minimum atomic E-state index is 0.441. The molecule has 1 heterocycles. The first-order valence-electron chi connectivity index (χ1n) is 7.22. The second kappa shape index (κ2) is 4.58. The second-order valence-corrected chi connectivity index (χ2v) is 5.98. The van der Waals surface area contributed by atoms with Crippen LogP contribution >= 0.6 is 0 Å². The fourth-order valence-electron chi connectivity index (χ4n) is 2.97. The minimum Gasteiger partial charge on any atom is -0.493 e. The molecule has 0 spiro atoms. The van der Waals surface area contributed by atoms with Crippen molar-refractivity contribution in [3.8, 4) is 5.75 Å². The molecule has 1 saturated carbocycles. The maximum absolute atomic E-state index is 5.87. The zero-order valence-electron chi connectivity index (χ0n) is 11.5. The highest BCUT2D eigenvalue weighted by molar-refractivity contribution is 5.46. The third kappa shape index (κ3) is 2.03. The molecule has 0 amide bonds. The monoisotopic (exact) mass is 245 g/mol. The highest BCUT2D eigenvalue weighted by atomic mass is 16.5. The second-order valence-electron chi connectivity index (χ2n) is 5.98. The van der Waals surface area contributed by atoms with Crippen molar-refractivity contribution in [1.29, 1.82) is 0 Å². The highest BCUT2D eigenvalue weighted by Crippen LogP contribution is 2.56. The first kappa shape index (κ1) is 12.0. The van der Waals surface area contributed by atoms with Crippen molar-refractivity contribution in [1.82, 2.24) is 5.32 Å². The van der Waals surface area contributed by atoms with Crippen molar-refractivity contribution < 1.29 is 4.74 Å². The number of hydrogen-bond donors (Lipinski definition) is 1. The largest absolute Gasteiger partial charge is 0.493 e. The van der Waals surface area contributed by atoms with Crippen LogP contribution in [-0.4, -0.2) is 13.2 Å².